The molecule has 0 saturated carbocycles. The average Bonchev–Trinajstić information content (AvgIpc) is 2.46. The Morgan fingerprint density at radius 1 is 1.18 bits per heavy atom. The highest BCUT2D eigenvalue weighted by Gasteiger charge is 2.17. The van der Waals surface area contributed by atoms with E-state index in [-0.39, 0.29) is 24.0 Å². The summed E-state index contributed by atoms with van der Waals surface area (Å²) in [5.74, 6) is 1.58. The number of aliphatic imine (C=N–C) groups is 1. The third-order valence-corrected chi connectivity index (χ3v) is 3.62. The van der Waals surface area contributed by atoms with Gasteiger partial charge in [0.25, 0.3) is 0 Å². The Morgan fingerprint density at radius 3 is 2.27 bits per heavy atom. The summed E-state index contributed by atoms with van der Waals surface area (Å²) in [7, 11) is 3.55. The lowest BCUT2D eigenvalue weighted by Gasteiger charge is -2.31. The first-order valence-corrected chi connectivity index (χ1v) is 8.26. The van der Waals surface area contributed by atoms with Crippen LogP contribution in [0.25, 0.3) is 0 Å². The quantitative estimate of drug-likeness (QED) is 0.230. The average molecular weight is 428 g/mol. The van der Waals surface area contributed by atoms with Gasteiger partial charge in [0, 0.05) is 39.9 Å². The van der Waals surface area contributed by atoms with Crippen molar-refractivity contribution in [3.8, 4) is 0 Å². The minimum atomic E-state index is 0. The molecule has 1 atom stereocenters. The van der Waals surface area contributed by atoms with Crippen molar-refractivity contribution in [1.82, 2.24) is 15.5 Å². The molecule has 0 fully saturated rings. The van der Waals surface area contributed by atoms with Crippen LogP contribution in [0.4, 0.5) is 0 Å². The number of hydrogen-bond donors (Lipinski definition) is 2. The zero-order valence-electron chi connectivity index (χ0n) is 15.3. The molecule has 0 bridgehead atoms. The van der Waals surface area contributed by atoms with E-state index in [1.807, 2.05) is 7.05 Å². The molecule has 0 spiro atoms. The lowest BCUT2D eigenvalue weighted by molar-refractivity contribution is 0.190. The predicted molar refractivity (Wildman–Crippen MR) is 107 cm³/mol. The summed E-state index contributed by atoms with van der Waals surface area (Å²) in [6.45, 7) is 13.8. The second-order valence-corrected chi connectivity index (χ2v) is 5.73. The number of likely N-dealkylation sites (N-methyl/N-ethyl adjacent to an activating group) is 1. The smallest absolute Gasteiger partial charge is 0.191 e. The van der Waals surface area contributed by atoms with E-state index in [4.69, 9.17) is 4.74 Å². The van der Waals surface area contributed by atoms with Gasteiger partial charge in [-0.05, 0) is 31.8 Å². The van der Waals surface area contributed by atoms with Gasteiger partial charge in [-0.2, -0.15) is 0 Å². The Hall–Kier alpha value is -0.0800. The summed E-state index contributed by atoms with van der Waals surface area (Å²) in [6.07, 6.45) is 2.19. The normalized spacial score (nSPS) is 13.2. The lowest BCUT2D eigenvalue weighted by atomic mass is 10.0. The van der Waals surface area contributed by atoms with Gasteiger partial charge >= 0.3 is 0 Å². The largest absolute Gasteiger partial charge is 0.385 e. The molecular formula is C16H37IN4O. The molecule has 0 heterocycles. The van der Waals surface area contributed by atoms with Crippen LogP contribution in [-0.4, -0.2) is 63.8 Å². The molecule has 0 aliphatic heterocycles. The highest BCUT2D eigenvalue weighted by Crippen LogP contribution is 2.10. The second kappa shape index (κ2) is 15.8. The van der Waals surface area contributed by atoms with Gasteiger partial charge in [0.2, 0.25) is 0 Å². The molecule has 0 saturated heterocycles. The SMILES string of the molecule is CCN(CC)C(CNC(=NC)NCCCOC)CC(C)C.I. The number of hydrogen-bond acceptors (Lipinski definition) is 3. The van der Waals surface area contributed by atoms with Gasteiger partial charge in [0.15, 0.2) is 5.96 Å². The highest BCUT2D eigenvalue weighted by atomic mass is 127. The van der Waals surface area contributed by atoms with Crippen molar-refractivity contribution in [3.05, 3.63) is 0 Å². The van der Waals surface area contributed by atoms with E-state index >= 15 is 0 Å². The number of methoxy groups -OCH3 is 1. The van der Waals surface area contributed by atoms with Crippen molar-refractivity contribution >= 4 is 29.9 Å². The maximum atomic E-state index is 5.05. The van der Waals surface area contributed by atoms with Crippen molar-refractivity contribution in [2.75, 3.05) is 46.9 Å². The van der Waals surface area contributed by atoms with Crippen LogP contribution >= 0.6 is 24.0 Å². The number of nitrogens with one attached hydrogen (secondary N) is 2. The van der Waals surface area contributed by atoms with E-state index in [1.165, 1.54) is 6.42 Å². The molecule has 0 radical (unpaired) electrons. The maximum Gasteiger partial charge on any atom is 0.191 e. The summed E-state index contributed by atoms with van der Waals surface area (Å²) < 4.78 is 5.05. The zero-order valence-corrected chi connectivity index (χ0v) is 17.6. The fourth-order valence-electron chi connectivity index (χ4n) is 2.50. The molecule has 0 rings (SSSR count). The van der Waals surface area contributed by atoms with E-state index in [0.717, 1.165) is 45.2 Å². The number of halogens is 1. The number of ether oxygens (including phenoxy) is 1. The minimum Gasteiger partial charge on any atom is -0.385 e. The Labute approximate surface area is 154 Å². The van der Waals surface area contributed by atoms with Gasteiger partial charge in [-0.1, -0.05) is 27.7 Å². The molecule has 0 aliphatic rings. The van der Waals surface area contributed by atoms with Crippen LogP contribution in [0, 0.1) is 5.92 Å². The van der Waals surface area contributed by atoms with Gasteiger partial charge in [0.1, 0.15) is 0 Å². The Balaban J connectivity index is 0. The van der Waals surface area contributed by atoms with E-state index in [2.05, 4.69) is 48.2 Å². The van der Waals surface area contributed by atoms with Crippen LogP contribution in [0.1, 0.15) is 40.5 Å². The Morgan fingerprint density at radius 2 is 1.82 bits per heavy atom. The molecule has 6 heteroatoms. The number of rotatable bonds is 11. The zero-order chi connectivity index (χ0) is 16.1. The topological polar surface area (TPSA) is 48.9 Å². The van der Waals surface area contributed by atoms with E-state index < -0.39 is 0 Å². The third-order valence-electron chi connectivity index (χ3n) is 3.62. The van der Waals surface area contributed by atoms with Crippen molar-refractivity contribution in [2.45, 2.75) is 46.6 Å². The molecule has 134 valence electrons. The molecule has 0 aromatic rings. The molecule has 2 N–H and O–H groups in total. The van der Waals surface area contributed by atoms with Crippen molar-refractivity contribution in [1.29, 1.82) is 0 Å². The first-order chi connectivity index (χ1) is 10.1. The molecule has 22 heavy (non-hydrogen) atoms. The fraction of sp³-hybridized carbons (Fsp3) is 0.938. The van der Waals surface area contributed by atoms with Crippen LogP contribution in [0.2, 0.25) is 0 Å². The Kier molecular flexibility index (Phi) is 17.4. The maximum absolute atomic E-state index is 5.05. The summed E-state index contributed by atoms with van der Waals surface area (Å²) in [6, 6.07) is 0.553. The van der Waals surface area contributed by atoms with Crippen LogP contribution in [0.3, 0.4) is 0 Å². The van der Waals surface area contributed by atoms with Gasteiger partial charge < -0.3 is 15.4 Å². The van der Waals surface area contributed by atoms with E-state index in [9.17, 15) is 0 Å². The molecular weight excluding hydrogens is 391 g/mol. The fourth-order valence-corrected chi connectivity index (χ4v) is 2.50. The molecule has 5 nitrogen and oxygen atoms in total. The summed E-state index contributed by atoms with van der Waals surface area (Å²) in [4.78, 5) is 6.80. The monoisotopic (exact) mass is 428 g/mol. The second-order valence-electron chi connectivity index (χ2n) is 5.73. The summed E-state index contributed by atoms with van der Waals surface area (Å²) in [5.41, 5.74) is 0. The molecule has 1 unspecified atom stereocenters. The lowest BCUT2D eigenvalue weighted by Crippen LogP contribution is -2.47. The predicted octanol–water partition coefficient (Wildman–Crippen LogP) is 2.56. The third kappa shape index (κ3) is 11.5. The van der Waals surface area contributed by atoms with Crippen LogP contribution in [0.15, 0.2) is 4.99 Å². The van der Waals surface area contributed by atoms with Crippen LogP contribution in [-0.2, 0) is 4.74 Å². The van der Waals surface area contributed by atoms with E-state index in [1.54, 1.807) is 7.11 Å². The summed E-state index contributed by atoms with van der Waals surface area (Å²) in [5, 5.41) is 6.79. The number of guanidine groups is 1. The van der Waals surface area contributed by atoms with Gasteiger partial charge in [-0.15, -0.1) is 24.0 Å². The van der Waals surface area contributed by atoms with Crippen molar-refractivity contribution < 1.29 is 4.74 Å². The standard InChI is InChI=1S/C16H36N4O.HI/c1-7-20(8-2)15(12-14(3)4)13-19-16(17-5)18-10-9-11-21-6;/h14-15H,7-13H2,1-6H3,(H2,17,18,19);1H. The van der Waals surface area contributed by atoms with Crippen LogP contribution < -0.4 is 10.6 Å². The van der Waals surface area contributed by atoms with Crippen molar-refractivity contribution in [2.24, 2.45) is 10.9 Å². The summed E-state index contributed by atoms with van der Waals surface area (Å²) >= 11 is 0. The molecule has 0 aromatic heterocycles. The highest BCUT2D eigenvalue weighted by molar-refractivity contribution is 14.0. The molecule has 0 aliphatic carbocycles. The van der Waals surface area contributed by atoms with Crippen LogP contribution in [0.5, 0.6) is 0 Å². The van der Waals surface area contributed by atoms with Gasteiger partial charge in [-0.25, -0.2) is 0 Å². The van der Waals surface area contributed by atoms with Gasteiger partial charge in [-0.3, -0.25) is 9.89 Å². The minimum absolute atomic E-state index is 0. The van der Waals surface area contributed by atoms with E-state index in [0.29, 0.717) is 12.0 Å². The van der Waals surface area contributed by atoms with Crippen molar-refractivity contribution in [3.63, 3.8) is 0 Å². The molecule has 0 amide bonds. The molecule has 0 aromatic carbocycles. The Bertz CT molecular complexity index is 271. The number of nitrogens with zero attached hydrogens (tertiary/aromatic N) is 2. The first-order valence-electron chi connectivity index (χ1n) is 8.26. The van der Waals surface area contributed by atoms with Gasteiger partial charge in [0.05, 0.1) is 0 Å². The first kappa shape index (κ1) is 24.2.